The number of benzene rings is 1. The molecule has 3 nitrogen and oxygen atoms in total. The topological polar surface area (TPSA) is 38.1 Å². The van der Waals surface area contributed by atoms with E-state index in [1.807, 2.05) is 25.1 Å². The van der Waals surface area contributed by atoms with Crippen LogP contribution in [0.4, 0.5) is 5.69 Å². The van der Waals surface area contributed by atoms with Gasteiger partial charge in [-0.25, -0.2) is 4.98 Å². The van der Waals surface area contributed by atoms with Crippen molar-refractivity contribution >= 4 is 16.8 Å². The fraction of sp³-hybridized carbons (Fsp3) is 0.462. The molecule has 0 fully saturated rings. The number of hydrogen-bond donors (Lipinski definition) is 1. The van der Waals surface area contributed by atoms with Crippen molar-refractivity contribution < 1.29 is 4.42 Å². The van der Waals surface area contributed by atoms with Crippen molar-refractivity contribution in [1.82, 2.24) is 4.98 Å². The summed E-state index contributed by atoms with van der Waals surface area (Å²) in [5.41, 5.74) is 2.91. The Bertz CT molecular complexity index is 476. The van der Waals surface area contributed by atoms with Crippen LogP contribution in [0.15, 0.2) is 22.6 Å². The van der Waals surface area contributed by atoms with Crippen LogP contribution in [0.5, 0.6) is 0 Å². The Morgan fingerprint density at radius 1 is 1.38 bits per heavy atom. The van der Waals surface area contributed by atoms with Gasteiger partial charge in [-0.2, -0.15) is 0 Å². The molecule has 1 aromatic carbocycles. The zero-order valence-electron chi connectivity index (χ0n) is 10.1. The van der Waals surface area contributed by atoms with Gasteiger partial charge < -0.3 is 9.73 Å². The van der Waals surface area contributed by atoms with E-state index in [1.165, 1.54) is 0 Å². The number of fused-ring (bicyclic) bond motifs is 1. The zero-order chi connectivity index (χ0) is 11.5. The molecule has 0 saturated carbocycles. The molecule has 0 amide bonds. The van der Waals surface area contributed by atoms with Gasteiger partial charge in [0, 0.05) is 18.2 Å². The molecule has 0 radical (unpaired) electrons. The van der Waals surface area contributed by atoms with Crippen LogP contribution in [0.25, 0.3) is 11.1 Å². The van der Waals surface area contributed by atoms with Gasteiger partial charge in [0.15, 0.2) is 11.5 Å². The van der Waals surface area contributed by atoms with Crippen molar-refractivity contribution in [1.29, 1.82) is 0 Å². The Morgan fingerprint density at radius 3 is 2.88 bits per heavy atom. The van der Waals surface area contributed by atoms with E-state index >= 15 is 0 Å². The van der Waals surface area contributed by atoms with E-state index in [4.69, 9.17) is 4.42 Å². The molecule has 0 bridgehead atoms. The number of aromatic nitrogens is 1. The largest absolute Gasteiger partial charge is 0.441 e. The minimum atomic E-state index is 0.481. The van der Waals surface area contributed by atoms with Crippen molar-refractivity contribution in [2.45, 2.75) is 39.7 Å². The van der Waals surface area contributed by atoms with Crippen LogP contribution < -0.4 is 5.32 Å². The number of nitrogens with zero attached hydrogens (tertiary/aromatic N) is 1. The summed E-state index contributed by atoms with van der Waals surface area (Å²) in [6.07, 6.45) is 1.94. The fourth-order valence-corrected chi connectivity index (χ4v) is 1.60. The van der Waals surface area contributed by atoms with Gasteiger partial charge in [-0.05, 0) is 31.5 Å². The number of aryl methyl sites for hydroxylation is 1. The van der Waals surface area contributed by atoms with Crippen molar-refractivity contribution in [3.8, 4) is 0 Å². The summed E-state index contributed by atoms with van der Waals surface area (Å²) in [5.74, 6) is 0.802. The maximum Gasteiger partial charge on any atom is 0.195 e. The number of hydrogen-bond acceptors (Lipinski definition) is 3. The van der Waals surface area contributed by atoms with E-state index in [-0.39, 0.29) is 0 Å². The minimum absolute atomic E-state index is 0.481. The van der Waals surface area contributed by atoms with Crippen LogP contribution in [0.3, 0.4) is 0 Å². The number of nitrogens with one attached hydrogen (secondary N) is 1. The Labute approximate surface area is 95.9 Å². The first-order chi connectivity index (χ1) is 7.72. The maximum atomic E-state index is 5.56. The Kier molecular flexibility index (Phi) is 3.13. The summed E-state index contributed by atoms with van der Waals surface area (Å²) in [6.45, 7) is 6.38. The van der Waals surface area contributed by atoms with E-state index in [9.17, 15) is 0 Å². The molecule has 1 atom stereocenters. The second-order valence-corrected chi connectivity index (χ2v) is 4.10. The standard InChI is InChI=1S/C13H18N2O/c1-4-9(3)14-10-6-7-12-11(8-10)15-13(5-2)16-12/h6-9,14H,4-5H2,1-3H3. The summed E-state index contributed by atoms with van der Waals surface area (Å²) in [5, 5.41) is 3.43. The van der Waals surface area contributed by atoms with Crippen molar-refractivity contribution in [3.63, 3.8) is 0 Å². The third-order valence-corrected chi connectivity index (χ3v) is 2.76. The smallest absolute Gasteiger partial charge is 0.195 e. The van der Waals surface area contributed by atoms with Gasteiger partial charge in [-0.1, -0.05) is 13.8 Å². The fourth-order valence-electron chi connectivity index (χ4n) is 1.60. The van der Waals surface area contributed by atoms with Gasteiger partial charge in [-0.15, -0.1) is 0 Å². The van der Waals surface area contributed by atoms with Crippen LogP contribution in [-0.2, 0) is 6.42 Å². The van der Waals surface area contributed by atoms with Crippen molar-refractivity contribution in [3.05, 3.63) is 24.1 Å². The van der Waals surface area contributed by atoms with Gasteiger partial charge in [0.1, 0.15) is 5.52 Å². The van der Waals surface area contributed by atoms with Gasteiger partial charge in [0.05, 0.1) is 0 Å². The van der Waals surface area contributed by atoms with Gasteiger partial charge >= 0.3 is 0 Å². The molecule has 0 saturated heterocycles. The lowest BCUT2D eigenvalue weighted by Gasteiger charge is -2.12. The summed E-state index contributed by atoms with van der Waals surface area (Å²) < 4.78 is 5.56. The molecular weight excluding hydrogens is 200 g/mol. The minimum Gasteiger partial charge on any atom is -0.441 e. The summed E-state index contributed by atoms with van der Waals surface area (Å²) >= 11 is 0. The molecule has 1 unspecified atom stereocenters. The lowest BCUT2D eigenvalue weighted by atomic mass is 10.2. The third-order valence-electron chi connectivity index (χ3n) is 2.76. The van der Waals surface area contributed by atoms with Crippen molar-refractivity contribution in [2.75, 3.05) is 5.32 Å². The maximum absolute atomic E-state index is 5.56. The quantitative estimate of drug-likeness (QED) is 0.852. The second kappa shape index (κ2) is 4.56. The highest BCUT2D eigenvalue weighted by molar-refractivity contribution is 5.77. The molecule has 0 aliphatic heterocycles. The third kappa shape index (κ3) is 2.18. The van der Waals surface area contributed by atoms with Crippen LogP contribution in [0, 0.1) is 0 Å². The molecule has 1 aromatic heterocycles. The van der Waals surface area contributed by atoms with Crippen LogP contribution >= 0.6 is 0 Å². The first-order valence-electron chi connectivity index (χ1n) is 5.89. The lowest BCUT2D eigenvalue weighted by Crippen LogP contribution is -2.12. The predicted molar refractivity (Wildman–Crippen MR) is 66.8 cm³/mol. The first kappa shape index (κ1) is 11.0. The lowest BCUT2D eigenvalue weighted by molar-refractivity contribution is 0.538. The van der Waals surface area contributed by atoms with Gasteiger partial charge in [0.25, 0.3) is 0 Å². The molecule has 16 heavy (non-hydrogen) atoms. The average Bonchev–Trinajstić information content (AvgIpc) is 2.71. The number of oxazole rings is 1. The number of rotatable bonds is 4. The molecule has 2 aromatic rings. The van der Waals surface area contributed by atoms with E-state index in [0.29, 0.717) is 6.04 Å². The molecule has 1 heterocycles. The monoisotopic (exact) mass is 218 g/mol. The van der Waals surface area contributed by atoms with Crippen LogP contribution in [-0.4, -0.2) is 11.0 Å². The Morgan fingerprint density at radius 2 is 2.19 bits per heavy atom. The highest BCUT2D eigenvalue weighted by atomic mass is 16.3. The Balaban J connectivity index is 2.28. The average molecular weight is 218 g/mol. The molecule has 0 spiro atoms. The highest BCUT2D eigenvalue weighted by Gasteiger charge is 2.05. The summed E-state index contributed by atoms with van der Waals surface area (Å²) in [7, 11) is 0. The molecule has 2 rings (SSSR count). The first-order valence-corrected chi connectivity index (χ1v) is 5.89. The normalized spacial score (nSPS) is 12.9. The summed E-state index contributed by atoms with van der Waals surface area (Å²) in [4.78, 5) is 4.42. The SMILES string of the molecule is CCc1nc2cc(NC(C)CC)ccc2o1. The molecule has 1 N–H and O–H groups in total. The van der Waals surface area contributed by atoms with E-state index in [0.717, 1.165) is 35.5 Å². The molecule has 86 valence electrons. The Hall–Kier alpha value is -1.51. The molecular formula is C13H18N2O. The second-order valence-electron chi connectivity index (χ2n) is 4.10. The highest BCUT2D eigenvalue weighted by Crippen LogP contribution is 2.20. The summed E-state index contributed by atoms with van der Waals surface area (Å²) in [6, 6.07) is 6.55. The molecule has 0 aliphatic rings. The predicted octanol–water partition coefficient (Wildman–Crippen LogP) is 3.60. The van der Waals surface area contributed by atoms with E-state index in [2.05, 4.69) is 24.1 Å². The van der Waals surface area contributed by atoms with E-state index in [1.54, 1.807) is 0 Å². The van der Waals surface area contributed by atoms with E-state index < -0.39 is 0 Å². The van der Waals surface area contributed by atoms with Gasteiger partial charge in [-0.3, -0.25) is 0 Å². The van der Waals surface area contributed by atoms with Gasteiger partial charge in [0.2, 0.25) is 0 Å². The van der Waals surface area contributed by atoms with Crippen molar-refractivity contribution in [2.24, 2.45) is 0 Å². The number of anilines is 1. The zero-order valence-corrected chi connectivity index (χ0v) is 10.1. The van der Waals surface area contributed by atoms with Crippen LogP contribution in [0.1, 0.15) is 33.1 Å². The molecule has 3 heteroatoms. The molecule has 0 aliphatic carbocycles. The van der Waals surface area contributed by atoms with Crippen LogP contribution in [0.2, 0.25) is 0 Å².